The first-order valence-corrected chi connectivity index (χ1v) is 7.79. The zero-order valence-corrected chi connectivity index (χ0v) is 13.8. The molecule has 0 aliphatic carbocycles. The third kappa shape index (κ3) is 2.87. The van der Waals surface area contributed by atoms with Crippen molar-refractivity contribution in [1.82, 2.24) is 15.1 Å². The van der Waals surface area contributed by atoms with E-state index >= 15 is 0 Å². The van der Waals surface area contributed by atoms with Crippen LogP contribution in [-0.2, 0) is 11.8 Å². The van der Waals surface area contributed by atoms with Crippen LogP contribution in [0.15, 0.2) is 18.2 Å². The van der Waals surface area contributed by atoms with Crippen molar-refractivity contribution in [2.24, 2.45) is 7.05 Å². The third-order valence-electron chi connectivity index (χ3n) is 4.47. The topological polar surface area (TPSA) is 76.4 Å². The van der Waals surface area contributed by atoms with Gasteiger partial charge in [-0.15, -0.1) is 0 Å². The molecule has 2 aromatic rings. The molecule has 7 heteroatoms. The Balaban J connectivity index is 1.81. The van der Waals surface area contributed by atoms with Crippen molar-refractivity contribution in [3.8, 4) is 5.75 Å². The molecule has 24 heavy (non-hydrogen) atoms. The van der Waals surface area contributed by atoms with Gasteiger partial charge in [-0.3, -0.25) is 9.48 Å². The minimum Gasteiger partial charge on any atom is -0.505 e. The highest BCUT2D eigenvalue weighted by atomic mass is 19.1. The van der Waals surface area contributed by atoms with Crippen LogP contribution in [0.4, 0.5) is 4.39 Å². The van der Waals surface area contributed by atoms with Gasteiger partial charge in [0.15, 0.2) is 11.6 Å². The van der Waals surface area contributed by atoms with Gasteiger partial charge in [0.25, 0.3) is 5.91 Å². The maximum atomic E-state index is 13.4. The molecule has 1 amide bonds. The standard InChI is InChI=1S/C17H20FN3O3/c1-9-15(10(2)21(3)20-9)16-13(6-7-24-16)19-17(23)11-4-5-14(22)12(18)8-11/h4-5,8,13,16,22H,6-7H2,1-3H3,(H,19,23)/t13-,16-/m1/s1. The number of carbonyl (C=O) groups excluding carboxylic acids is 1. The zero-order valence-electron chi connectivity index (χ0n) is 13.8. The highest BCUT2D eigenvalue weighted by Crippen LogP contribution is 2.33. The van der Waals surface area contributed by atoms with E-state index in [1.807, 2.05) is 20.9 Å². The monoisotopic (exact) mass is 333 g/mol. The number of benzene rings is 1. The van der Waals surface area contributed by atoms with E-state index in [-0.39, 0.29) is 17.7 Å². The number of hydrogen-bond donors (Lipinski definition) is 2. The normalized spacial score (nSPS) is 20.3. The fourth-order valence-electron chi connectivity index (χ4n) is 3.12. The number of phenols is 1. The number of rotatable bonds is 3. The van der Waals surface area contributed by atoms with E-state index in [4.69, 9.17) is 4.74 Å². The van der Waals surface area contributed by atoms with Crippen LogP contribution in [0, 0.1) is 19.7 Å². The molecule has 3 rings (SSSR count). The average molecular weight is 333 g/mol. The van der Waals surface area contributed by atoms with E-state index in [9.17, 15) is 14.3 Å². The first-order chi connectivity index (χ1) is 11.4. The maximum Gasteiger partial charge on any atom is 0.251 e. The Morgan fingerprint density at radius 2 is 2.21 bits per heavy atom. The first kappa shape index (κ1) is 16.4. The Morgan fingerprint density at radius 1 is 1.46 bits per heavy atom. The van der Waals surface area contributed by atoms with E-state index in [0.717, 1.165) is 23.0 Å². The second-order valence-corrected chi connectivity index (χ2v) is 6.03. The van der Waals surface area contributed by atoms with Crippen molar-refractivity contribution >= 4 is 5.91 Å². The van der Waals surface area contributed by atoms with Crippen LogP contribution in [0.3, 0.4) is 0 Å². The van der Waals surface area contributed by atoms with Crippen LogP contribution in [0.2, 0.25) is 0 Å². The Bertz CT molecular complexity index is 788. The van der Waals surface area contributed by atoms with Crippen molar-refractivity contribution in [1.29, 1.82) is 0 Å². The van der Waals surface area contributed by atoms with Gasteiger partial charge in [0, 0.05) is 30.5 Å². The minimum atomic E-state index is -0.819. The smallest absolute Gasteiger partial charge is 0.251 e. The molecule has 1 saturated heterocycles. The fourth-order valence-corrected chi connectivity index (χ4v) is 3.12. The van der Waals surface area contributed by atoms with Crippen molar-refractivity contribution in [2.45, 2.75) is 32.4 Å². The predicted octanol–water partition coefficient (Wildman–Crippen LogP) is 2.14. The molecule has 0 saturated carbocycles. The summed E-state index contributed by atoms with van der Waals surface area (Å²) in [5.41, 5.74) is 3.01. The summed E-state index contributed by atoms with van der Waals surface area (Å²) in [4.78, 5) is 12.4. The van der Waals surface area contributed by atoms with Crippen LogP contribution in [0.1, 0.15) is 39.8 Å². The van der Waals surface area contributed by atoms with Gasteiger partial charge in [0.1, 0.15) is 6.10 Å². The number of ether oxygens (including phenoxy) is 1. The predicted molar refractivity (Wildman–Crippen MR) is 85.3 cm³/mol. The number of carbonyl (C=O) groups is 1. The van der Waals surface area contributed by atoms with Crippen LogP contribution in [0.25, 0.3) is 0 Å². The SMILES string of the molecule is Cc1nn(C)c(C)c1[C@@H]1OCC[C@H]1NC(=O)c1ccc(O)c(F)c1. The second kappa shape index (κ2) is 6.24. The summed E-state index contributed by atoms with van der Waals surface area (Å²) in [5, 5.41) is 16.5. The quantitative estimate of drug-likeness (QED) is 0.902. The Hall–Kier alpha value is -2.41. The summed E-state index contributed by atoms with van der Waals surface area (Å²) < 4.78 is 21.1. The zero-order chi connectivity index (χ0) is 17.4. The molecule has 2 N–H and O–H groups in total. The molecule has 1 aromatic carbocycles. The lowest BCUT2D eigenvalue weighted by Gasteiger charge is -2.20. The number of halogens is 1. The maximum absolute atomic E-state index is 13.4. The van der Waals surface area contributed by atoms with Gasteiger partial charge in [0.05, 0.1) is 11.7 Å². The Kier molecular flexibility index (Phi) is 4.28. The number of phenolic OH excluding ortho intramolecular Hbond substituents is 1. The summed E-state index contributed by atoms with van der Waals surface area (Å²) >= 11 is 0. The second-order valence-electron chi connectivity index (χ2n) is 6.03. The van der Waals surface area contributed by atoms with Crippen LogP contribution >= 0.6 is 0 Å². The van der Waals surface area contributed by atoms with Crippen molar-refractivity contribution in [2.75, 3.05) is 6.61 Å². The molecule has 1 aliphatic rings. The third-order valence-corrected chi connectivity index (χ3v) is 4.47. The van der Waals surface area contributed by atoms with Gasteiger partial charge in [-0.05, 0) is 38.5 Å². The molecular weight excluding hydrogens is 313 g/mol. The summed E-state index contributed by atoms with van der Waals surface area (Å²) in [6.07, 6.45) is 0.398. The highest BCUT2D eigenvalue weighted by molar-refractivity contribution is 5.94. The van der Waals surface area contributed by atoms with Gasteiger partial charge in [0.2, 0.25) is 0 Å². The number of aryl methyl sites for hydroxylation is 2. The molecule has 0 spiro atoms. The number of amides is 1. The number of nitrogens with zero attached hydrogens (tertiary/aromatic N) is 2. The first-order valence-electron chi connectivity index (χ1n) is 7.79. The van der Waals surface area contributed by atoms with E-state index in [0.29, 0.717) is 13.0 Å². The number of nitrogens with one attached hydrogen (secondary N) is 1. The molecule has 1 fully saturated rings. The Morgan fingerprint density at radius 3 is 2.83 bits per heavy atom. The lowest BCUT2D eigenvalue weighted by Crippen LogP contribution is -2.37. The van der Waals surface area contributed by atoms with Crippen LogP contribution in [-0.4, -0.2) is 33.4 Å². The molecular formula is C17H20FN3O3. The summed E-state index contributed by atoms with van der Waals surface area (Å²) in [7, 11) is 1.87. The summed E-state index contributed by atoms with van der Waals surface area (Å²) in [6.45, 7) is 4.41. The number of aromatic hydroxyl groups is 1. The van der Waals surface area contributed by atoms with Crippen LogP contribution < -0.4 is 5.32 Å². The van der Waals surface area contributed by atoms with Gasteiger partial charge >= 0.3 is 0 Å². The molecule has 0 radical (unpaired) electrons. The van der Waals surface area contributed by atoms with Gasteiger partial charge in [-0.25, -0.2) is 4.39 Å². The van der Waals surface area contributed by atoms with Gasteiger partial charge in [-0.2, -0.15) is 5.10 Å². The molecule has 1 aromatic heterocycles. The molecule has 128 valence electrons. The number of hydrogen-bond acceptors (Lipinski definition) is 4. The molecule has 2 heterocycles. The van der Waals surface area contributed by atoms with Gasteiger partial charge < -0.3 is 15.2 Å². The van der Waals surface area contributed by atoms with E-state index in [2.05, 4.69) is 10.4 Å². The molecule has 0 unspecified atom stereocenters. The van der Waals surface area contributed by atoms with E-state index in [1.165, 1.54) is 12.1 Å². The largest absolute Gasteiger partial charge is 0.505 e. The van der Waals surface area contributed by atoms with Gasteiger partial charge in [-0.1, -0.05) is 0 Å². The fraction of sp³-hybridized carbons (Fsp3) is 0.412. The lowest BCUT2D eigenvalue weighted by molar-refractivity contribution is 0.0817. The van der Waals surface area contributed by atoms with Crippen molar-refractivity contribution in [3.63, 3.8) is 0 Å². The van der Waals surface area contributed by atoms with E-state index < -0.39 is 17.5 Å². The number of aromatic nitrogens is 2. The lowest BCUT2D eigenvalue weighted by atomic mass is 10.00. The molecule has 6 nitrogen and oxygen atoms in total. The van der Waals surface area contributed by atoms with E-state index in [1.54, 1.807) is 4.68 Å². The summed E-state index contributed by atoms with van der Waals surface area (Å²) in [5.74, 6) is -1.69. The highest BCUT2D eigenvalue weighted by Gasteiger charge is 2.34. The molecule has 1 aliphatic heterocycles. The average Bonchev–Trinajstić information content (AvgIpc) is 3.07. The molecule has 0 bridgehead atoms. The van der Waals surface area contributed by atoms with Crippen molar-refractivity contribution < 1.29 is 19.0 Å². The molecule has 2 atom stereocenters. The van der Waals surface area contributed by atoms with Crippen molar-refractivity contribution in [3.05, 3.63) is 46.5 Å². The minimum absolute atomic E-state index is 0.163. The summed E-state index contributed by atoms with van der Waals surface area (Å²) in [6, 6.07) is 3.37. The van der Waals surface area contributed by atoms with Crippen LogP contribution in [0.5, 0.6) is 5.75 Å². The Labute approximate surface area is 139 Å².